The van der Waals surface area contributed by atoms with Crippen molar-refractivity contribution in [2.24, 2.45) is 5.92 Å². The van der Waals surface area contributed by atoms with E-state index in [0.29, 0.717) is 19.3 Å². The Morgan fingerprint density at radius 3 is 2.79 bits per heavy atom. The third-order valence-electron chi connectivity index (χ3n) is 3.88. The van der Waals surface area contributed by atoms with E-state index in [1.165, 1.54) is 24.8 Å². The molecule has 0 saturated heterocycles. The molecule has 0 aromatic heterocycles. The topological polar surface area (TPSA) is 30.5 Å². The summed E-state index contributed by atoms with van der Waals surface area (Å²) in [4.78, 5) is 0. The van der Waals surface area contributed by atoms with Gasteiger partial charge in [-0.15, -0.1) is 0 Å². The normalized spacial score (nSPS) is 22.5. The number of aryl methyl sites for hydroxylation is 1. The Morgan fingerprint density at radius 2 is 2.11 bits per heavy atom. The van der Waals surface area contributed by atoms with Gasteiger partial charge in [0.1, 0.15) is 12.4 Å². The monoisotopic (exact) mass is 263 g/mol. The number of benzene rings is 1. The molecule has 0 bridgehead atoms. The lowest BCUT2D eigenvalue weighted by Crippen LogP contribution is -2.22. The Kier molecular flexibility index (Phi) is 5.08. The standard InChI is InChI=1S/C16H25NO2/c1-12-7-8-15(16(11-12)19-10-9-18-3)17-14-6-4-5-13(14)2/h7-8,11,13-14,17H,4-6,9-10H2,1-3H3. The van der Waals surface area contributed by atoms with E-state index in [2.05, 4.69) is 37.4 Å². The van der Waals surface area contributed by atoms with Gasteiger partial charge in [0.2, 0.25) is 0 Å². The molecule has 3 nitrogen and oxygen atoms in total. The van der Waals surface area contributed by atoms with Gasteiger partial charge in [0.05, 0.1) is 12.3 Å². The molecule has 0 amide bonds. The lowest BCUT2D eigenvalue weighted by Gasteiger charge is -2.21. The zero-order valence-corrected chi connectivity index (χ0v) is 12.2. The second kappa shape index (κ2) is 6.80. The van der Waals surface area contributed by atoms with E-state index in [4.69, 9.17) is 9.47 Å². The Labute approximate surface area is 116 Å². The van der Waals surface area contributed by atoms with Gasteiger partial charge >= 0.3 is 0 Å². The van der Waals surface area contributed by atoms with Crippen molar-refractivity contribution in [2.75, 3.05) is 25.6 Å². The maximum atomic E-state index is 5.82. The predicted molar refractivity (Wildman–Crippen MR) is 79.0 cm³/mol. The van der Waals surface area contributed by atoms with E-state index >= 15 is 0 Å². The first kappa shape index (κ1) is 14.2. The summed E-state index contributed by atoms with van der Waals surface area (Å²) in [6, 6.07) is 6.93. The van der Waals surface area contributed by atoms with Crippen molar-refractivity contribution in [1.82, 2.24) is 0 Å². The van der Waals surface area contributed by atoms with Gasteiger partial charge < -0.3 is 14.8 Å². The Balaban J connectivity index is 2.05. The molecule has 2 unspecified atom stereocenters. The molecule has 0 heterocycles. The smallest absolute Gasteiger partial charge is 0.142 e. The van der Waals surface area contributed by atoms with Gasteiger partial charge in [-0.3, -0.25) is 0 Å². The van der Waals surface area contributed by atoms with E-state index in [1.54, 1.807) is 7.11 Å². The average Bonchev–Trinajstić information content (AvgIpc) is 2.78. The van der Waals surface area contributed by atoms with Crippen LogP contribution in [0.15, 0.2) is 18.2 Å². The van der Waals surface area contributed by atoms with Gasteiger partial charge in [-0.05, 0) is 43.4 Å². The van der Waals surface area contributed by atoms with Gasteiger partial charge in [-0.25, -0.2) is 0 Å². The number of anilines is 1. The van der Waals surface area contributed by atoms with Crippen LogP contribution in [-0.4, -0.2) is 26.4 Å². The summed E-state index contributed by atoms with van der Waals surface area (Å²) >= 11 is 0. The van der Waals surface area contributed by atoms with Crippen LogP contribution >= 0.6 is 0 Å². The van der Waals surface area contributed by atoms with E-state index < -0.39 is 0 Å². The first-order valence-corrected chi connectivity index (χ1v) is 7.19. The summed E-state index contributed by atoms with van der Waals surface area (Å²) in [5, 5.41) is 3.65. The molecule has 1 N–H and O–H groups in total. The Bertz CT molecular complexity index is 406. The van der Waals surface area contributed by atoms with Crippen LogP contribution in [0.3, 0.4) is 0 Å². The van der Waals surface area contributed by atoms with Crippen LogP contribution < -0.4 is 10.1 Å². The minimum absolute atomic E-state index is 0.576. The van der Waals surface area contributed by atoms with Gasteiger partial charge in [-0.1, -0.05) is 19.4 Å². The van der Waals surface area contributed by atoms with Crippen LogP contribution in [0.1, 0.15) is 31.7 Å². The van der Waals surface area contributed by atoms with Crippen molar-refractivity contribution in [3.63, 3.8) is 0 Å². The lowest BCUT2D eigenvalue weighted by molar-refractivity contribution is 0.146. The molecule has 0 aliphatic heterocycles. The molecule has 0 radical (unpaired) electrons. The fourth-order valence-corrected chi connectivity index (χ4v) is 2.66. The highest BCUT2D eigenvalue weighted by atomic mass is 16.5. The van der Waals surface area contributed by atoms with Crippen LogP contribution in [0.2, 0.25) is 0 Å². The van der Waals surface area contributed by atoms with E-state index in [-0.39, 0.29) is 0 Å². The van der Waals surface area contributed by atoms with Gasteiger partial charge in [-0.2, -0.15) is 0 Å². The zero-order valence-electron chi connectivity index (χ0n) is 12.2. The molecule has 1 aromatic carbocycles. The molecule has 1 saturated carbocycles. The van der Waals surface area contributed by atoms with Crippen LogP contribution in [0.5, 0.6) is 5.75 Å². The predicted octanol–water partition coefficient (Wildman–Crippen LogP) is 3.62. The maximum absolute atomic E-state index is 5.82. The molecule has 3 heteroatoms. The van der Waals surface area contributed by atoms with E-state index in [1.807, 2.05) is 0 Å². The summed E-state index contributed by atoms with van der Waals surface area (Å²) in [6.07, 6.45) is 3.90. The van der Waals surface area contributed by atoms with Gasteiger partial charge in [0, 0.05) is 13.2 Å². The van der Waals surface area contributed by atoms with Crippen LogP contribution in [0.4, 0.5) is 5.69 Å². The number of ether oxygens (including phenoxy) is 2. The summed E-state index contributed by atoms with van der Waals surface area (Å²) < 4.78 is 10.9. The summed E-state index contributed by atoms with van der Waals surface area (Å²) in [7, 11) is 1.69. The highest BCUT2D eigenvalue weighted by Gasteiger charge is 2.23. The zero-order chi connectivity index (χ0) is 13.7. The van der Waals surface area contributed by atoms with Gasteiger partial charge in [0.25, 0.3) is 0 Å². The minimum Gasteiger partial charge on any atom is -0.489 e. The first-order valence-electron chi connectivity index (χ1n) is 7.19. The Morgan fingerprint density at radius 1 is 1.26 bits per heavy atom. The van der Waals surface area contributed by atoms with Crippen molar-refractivity contribution >= 4 is 5.69 Å². The van der Waals surface area contributed by atoms with Crippen molar-refractivity contribution in [3.05, 3.63) is 23.8 Å². The molecule has 2 atom stereocenters. The first-order chi connectivity index (χ1) is 9.20. The third-order valence-corrected chi connectivity index (χ3v) is 3.88. The van der Waals surface area contributed by atoms with Crippen LogP contribution in [0.25, 0.3) is 0 Å². The minimum atomic E-state index is 0.576. The largest absolute Gasteiger partial charge is 0.489 e. The van der Waals surface area contributed by atoms with Crippen LogP contribution in [-0.2, 0) is 4.74 Å². The molecule has 1 aliphatic carbocycles. The summed E-state index contributed by atoms with van der Waals surface area (Å²) in [5.41, 5.74) is 2.33. The molecular weight excluding hydrogens is 238 g/mol. The molecule has 1 aliphatic rings. The molecule has 1 aromatic rings. The quantitative estimate of drug-likeness (QED) is 0.795. The average molecular weight is 263 g/mol. The van der Waals surface area contributed by atoms with Crippen molar-refractivity contribution < 1.29 is 9.47 Å². The van der Waals surface area contributed by atoms with E-state index in [9.17, 15) is 0 Å². The fraction of sp³-hybridized carbons (Fsp3) is 0.625. The van der Waals surface area contributed by atoms with Gasteiger partial charge in [0.15, 0.2) is 0 Å². The molecule has 19 heavy (non-hydrogen) atoms. The third kappa shape index (κ3) is 3.87. The van der Waals surface area contributed by atoms with Crippen molar-refractivity contribution in [3.8, 4) is 5.75 Å². The Hall–Kier alpha value is -1.22. The SMILES string of the molecule is COCCOc1cc(C)ccc1NC1CCCC1C. The van der Waals surface area contributed by atoms with Crippen molar-refractivity contribution in [2.45, 2.75) is 39.2 Å². The number of rotatable bonds is 6. The lowest BCUT2D eigenvalue weighted by atomic mass is 10.1. The highest BCUT2D eigenvalue weighted by molar-refractivity contribution is 5.58. The second-order valence-corrected chi connectivity index (χ2v) is 5.50. The number of hydrogen-bond donors (Lipinski definition) is 1. The summed E-state index contributed by atoms with van der Waals surface area (Å²) in [5.74, 6) is 1.68. The molecule has 1 fully saturated rings. The highest BCUT2D eigenvalue weighted by Crippen LogP contribution is 2.32. The van der Waals surface area contributed by atoms with Crippen LogP contribution in [0, 0.1) is 12.8 Å². The fourth-order valence-electron chi connectivity index (χ4n) is 2.66. The molecule has 2 rings (SSSR count). The maximum Gasteiger partial charge on any atom is 0.142 e. The second-order valence-electron chi connectivity index (χ2n) is 5.50. The van der Waals surface area contributed by atoms with E-state index in [0.717, 1.165) is 17.4 Å². The number of nitrogens with one attached hydrogen (secondary N) is 1. The molecular formula is C16H25NO2. The molecule has 106 valence electrons. The number of methoxy groups -OCH3 is 1. The number of hydrogen-bond acceptors (Lipinski definition) is 3. The summed E-state index contributed by atoms with van der Waals surface area (Å²) in [6.45, 7) is 5.62. The molecule has 0 spiro atoms. The van der Waals surface area contributed by atoms with Crippen molar-refractivity contribution in [1.29, 1.82) is 0 Å².